The van der Waals surface area contributed by atoms with Crippen molar-refractivity contribution >= 4 is 22.5 Å². The molecule has 2 aromatic heterocycles. The molecule has 3 rings (SSSR count). The number of anilines is 1. The number of hydrogen-bond donors (Lipinski definition) is 2. The fourth-order valence-corrected chi connectivity index (χ4v) is 1.89. The summed E-state index contributed by atoms with van der Waals surface area (Å²) in [6.45, 7) is 1.72. The van der Waals surface area contributed by atoms with Crippen molar-refractivity contribution in [2.45, 2.75) is 6.92 Å². The third-order valence-electron chi connectivity index (χ3n) is 2.82. The first-order valence-corrected chi connectivity index (χ1v) is 5.78. The van der Waals surface area contributed by atoms with Gasteiger partial charge in [0.2, 0.25) is 0 Å². The number of pyridine rings is 1. The van der Waals surface area contributed by atoms with Crippen LogP contribution < -0.4 is 5.32 Å². The molecule has 0 aliphatic rings. The lowest BCUT2D eigenvalue weighted by Gasteiger charge is -2.06. The highest BCUT2D eigenvalue weighted by Crippen LogP contribution is 2.21. The molecule has 2 heterocycles. The Bertz CT molecular complexity index is 744. The second kappa shape index (κ2) is 4.49. The van der Waals surface area contributed by atoms with Gasteiger partial charge < -0.3 is 5.32 Å². The zero-order valence-corrected chi connectivity index (χ0v) is 10.2. The number of nitrogens with zero attached hydrogens (tertiary/aromatic N) is 3. The van der Waals surface area contributed by atoms with Crippen LogP contribution in [0.3, 0.4) is 0 Å². The van der Waals surface area contributed by atoms with Crippen LogP contribution in [0.15, 0.2) is 36.5 Å². The summed E-state index contributed by atoms with van der Waals surface area (Å²) in [4.78, 5) is 16.4. The van der Waals surface area contributed by atoms with Gasteiger partial charge >= 0.3 is 0 Å². The number of para-hydroxylation sites is 1. The van der Waals surface area contributed by atoms with E-state index in [0.29, 0.717) is 11.4 Å². The first-order valence-electron chi connectivity index (χ1n) is 5.78. The van der Waals surface area contributed by atoms with Gasteiger partial charge in [0.1, 0.15) is 0 Å². The molecule has 0 radical (unpaired) electrons. The number of H-pyrrole nitrogens is 1. The van der Waals surface area contributed by atoms with Crippen molar-refractivity contribution in [2.24, 2.45) is 0 Å². The summed E-state index contributed by atoms with van der Waals surface area (Å²) in [5.41, 5.74) is 2.25. The molecular formula is C13H11N5O. The number of fused-ring (bicyclic) bond motifs is 1. The van der Waals surface area contributed by atoms with Crippen molar-refractivity contribution in [3.05, 3.63) is 47.9 Å². The van der Waals surface area contributed by atoms with E-state index in [1.807, 2.05) is 30.3 Å². The molecule has 19 heavy (non-hydrogen) atoms. The molecule has 3 aromatic rings. The van der Waals surface area contributed by atoms with Crippen LogP contribution in [0.1, 0.15) is 16.2 Å². The Labute approximate surface area is 108 Å². The average Bonchev–Trinajstić information content (AvgIpc) is 2.85. The summed E-state index contributed by atoms with van der Waals surface area (Å²) in [7, 11) is 0. The smallest absolute Gasteiger partial charge is 0.278 e. The maximum atomic E-state index is 12.1. The number of aromatic amines is 1. The molecule has 0 saturated carbocycles. The number of carbonyl (C=O) groups excluding carboxylic acids is 1. The van der Waals surface area contributed by atoms with Crippen molar-refractivity contribution in [3.63, 3.8) is 0 Å². The number of hydrogen-bond acceptors (Lipinski definition) is 4. The minimum Gasteiger partial charge on any atom is -0.319 e. The van der Waals surface area contributed by atoms with E-state index < -0.39 is 0 Å². The Morgan fingerprint density at radius 1 is 1.21 bits per heavy atom. The highest BCUT2D eigenvalue weighted by Gasteiger charge is 2.14. The molecule has 0 atom stereocenters. The minimum atomic E-state index is -0.301. The van der Waals surface area contributed by atoms with Crippen molar-refractivity contribution in [1.29, 1.82) is 0 Å². The summed E-state index contributed by atoms with van der Waals surface area (Å²) in [6, 6.07) is 9.42. The van der Waals surface area contributed by atoms with Gasteiger partial charge in [-0.2, -0.15) is 15.4 Å². The van der Waals surface area contributed by atoms with E-state index in [2.05, 4.69) is 25.7 Å². The fraction of sp³-hybridized carbons (Fsp3) is 0.0769. The van der Waals surface area contributed by atoms with Gasteiger partial charge in [0.05, 0.1) is 16.9 Å². The maximum Gasteiger partial charge on any atom is 0.278 e. The van der Waals surface area contributed by atoms with E-state index in [9.17, 15) is 4.79 Å². The number of aryl methyl sites for hydroxylation is 1. The topological polar surface area (TPSA) is 83.6 Å². The SMILES string of the molecule is Cc1n[nH]nc1C(=O)Nc1cccc2cccnc12. The average molecular weight is 253 g/mol. The molecule has 1 aromatic carbocycles. The van der Waals surface area contributed by atoms with Crippen molar-refractivity contribution < 1.29 is 4.79 Å². The van der Waals surface area contributed by atoms with Crippen LogP contribution in [-0.2, 0) is 0 Å². The summed E-state index contributed by atoms with van der Waals surface area (Å²) in [6.07, 6.45) is 1.69. The predicted molar refractivity (Wildman–Crippen MR) is 70.8 cm³/mol. The van der Waals surface area contributed by atoms with Crippen LogP contribution in [-0.4, -0.2) is 26.3 Å². The van der Waals surface area contributed by atoms with Crippen LogP contribution in [0.25, 0.3) is 10.9 Å². The van der Waals surface area contributed by atoms with Gasteiger partial charge in [0, 0.05) is 11.6 Å². The normalized spacial score (nSPS) is 10.6. The molecule has 6 nitrogen and oxygen atoms in total. The lowest BCUT2D eigenvalue weighted by atomic mass is 10.2. The number of nitrogens with one attached hydrogen (secondary N) is 2. The van der Waals surface area contributed by atoms with Crippen LogP contribution in [0.2, 0.25) is 0 Å². The van der Waals surface area contributed by atoms with E-state index in [-0.39, 0.29) is 11.6 Å². The first-order chi connectivity index (χ1) is 9.25. The maximum absolute atomic E-state index is 12.1. The Kier molecular flexibility index (Phi) is 2.68. The predicted octanol–water partition coefficient (Wildman–Crippen LogP) is 1.91. The van der Waals surface area contributed by atoms with E-state index in [1.165, 1.54) is 0 Å². The Morgan fingerprint density at radius 2 is 2.05 bits per heavy atom. The lowest BCUT2D eigenvalue weighted by Crippen LogP contribution is -2.14. The molecule has 2 N–H and O–H groups in total. The number of amides is 1. The zero-order chi connectivity index (χ0) is 13.2. The molecule has 0 fully saturated rings. The lowest BCUT2D eigenvalue weighted by molar-refractivity contribution is 0.102. The number of benzene rings is 1. The number of aromatic nitrogens is 4. The molecule has 0 bridgehead atoms. The Hall–Kier alpha value is -2.76. The van der Waals surface area contributed by atoms with Crippen molar-refractivity contribution in [2.75, 3.05) is 5.32 Å². The molecule has 0 saturated heterocycles. The highest BCUT2D eigenvalue weighted by molar-refractivity contribution is 6.07. The third-order valence-corrected chi connectivity index (χ3v) is 2.82. The Balaban J connectivity index is 1.98. The number of rotatable bonds is 2. The van der Waals surface area contributed by atoms with Crippen molar-refractivity contribution in [1.82, 2.24) is 20.4 Å². The van der Waals surface area contributed by atoms with Crippen LogP contribution in [0, 0.1) is 6.92 Å². The van der Waals surface area contributed by atoms with Crippen LogP contribution in [0.5, 0.6) is 0 Å². The second-order valence-electron chi connectivity index (χ2n) is 4.09. The summed E-state index contributed by atoms with van der Waals surface area (Å²) >= 11 is 0. The molecule has 94 valence electrons. The molecule has 0 aliphatic heterocycles. The van der Waals surface area contributed by atoms with Gasteiger partial charge in [-0.05, 0) is 19.1 Å². The van der Waals surface area contributed by atoms with Gasteiger partial charge in [-0.15, -0.1) is 0 Å². The monoisotopic (exact) mass is 253 g/mol. The molecule has 0 spiro atoms. The van der Waals surface area contributed by atoms with Gasteiger partial charge in [0.15, 0.2) is 5.69 Å². The molecule has 1 amide bonds. The van der Waals surface area contributed by atoms with Crippen molar-refractivity contribution in [3.8, 4) is 0 Å². The van der Waals surface area contributed by atoms with E-state index >= 15 is 0 Å². The first kappa shape index (κ1) is 11.3. The quantitative estimate of drug-likeness (QED) is 0.730. The van der Waals surface area contributed by atoms with Gasteiger partial charge in [-0.25, -0.2) is 0 Å². The largest absolute Gasteiger partial charge is 0.319 e. The van der Waals surface area contributed by atoms with Gasteiger partial charge in [-0.1, -0.05) is 18.2 Å². The third kappa shape index (κ3) is 2.03. The number of carbonyl (C=O) groups is 1. The van der Waals surface area contributed by atoms with E-state index in [0.717, 1.165) is 10.9 Å². The zero-order valence-electron chi connectivity index (χ0n) is 10.2. The molecule has 0 aliphatic carbocycles. The minimum absolute atomic E-state index is 0.285. The molecular weight excluding hydrogens is 242 g/mol. The van der Waals surface area contributed by atoms with Crippen LogP contribution >= 0.6 is 0 Å². The second-order valence-corrected chi connectivity index (χ2v) is 4.09. The standard InChI is InChI=1S/C13H11N5O/c1-8-11(17-18-16-8)13(19)15-10-6-2-4-9-5-3-7-14-12(9)10/h2-7H,1H3,(H,15,19)(H,16,17,18). The van der Waals surface area contributed by atoms with Gasteiger partial charge in [0.25, 0.3) is 5.91 Å². The molecule has 6 heteroatoms. The fourth-order valence-electron chi connectivity index (χ4n) is 1.89. The van der Waals surface area contributed by atoms with Crippen LogP contribution in [0.4, 0.5) is 5.69 Å². The summed E-state index contributed by atoms with van der Waals surface area (Å²) in [5, 5.41) is 13.9. The highest BCUT2D eigenvalue weighted by atomic mass is 16.2. The summed E-state index contributed by atoms with van der Waals surface area (Å²) < 4.78 is 0. The summed E-state index contributed by atoms with van der Waals surface area (Å²) in [5.74, 6) is -0.301. The van der Waals surface area contributed by atoms with E-state index in [4.69, 9.17) is 0 Å². The van der Waals surface area contributed by atoms with E-state index in [1.54, 1.807) is 13.1 Å². The van der Waals surface area contributed by atoms with Gasteiger partial charge in [-0.3, -0.25) is 9.78 Å². The molecule has 0 unspecified atom stereocenters. The Morgan fingerprint density at radius 3 is 2.84 bits per heavy atom.